The maximum atomic E-state index is 7.62. The van der Waals surface area contributed by atoms with E-state index < -0.39 is 0 Å². The van der Waals surface area contributed by atoms with Crippen molar-refractivity contribution in [1.29, 1.82) is 5.26 Å². The number of hydrogen-bond donors (Lipinski definition) is 0. The zero-order valence-electron chi connectivity index (χ0n) is 4.91. The minimum Gasteiger partial charge on any atom is -0.693 e. The van der Waals surface area contributed by atoms with Crippen molar-refractivity contribution in [2.75, 3.05) is 0 Å². The molecule has 0 rings (SSSR count). The summed E-state index contributed by atoms with van der Waals surface area (Å²) in [6.45, 7) is 1.82. The van der Waals surface area contributed by atoms with Gasteiger partial charge in [-0.3, -0.25) is 0 Å². The maximum Gasteiger partial charge on any atom is -0.693 e. The fraction of sp³-hybridized carbons (Fsp3) is 0.667. The number of nitrogens with zero attached hydrogens (tertiary/aromatic N) is 1. The van der Waals surface area contributed by atoms with Crippen LogP contribution in [0, 0.1) is 11.3 Å². The van der Waals surface area contributed by atoms with Crippen molar-refractivity contribution in [3.8, 4) is 6.07 Å². The molecule has 0 saturated carbocycles. The van der Waals surface area contributed by atoms with E-state index in [0.29, 0.717) is 6.42 Å². The summed E-state index contributed by atoms with van der Waals surface area (Å²) in [6, 6.07) is 1.93. The van der Waals surface area contributed by atoms with Crippen molar-refractivity contribution in [1.82, 2.24) is 0 Å². The molecule has 0 aromatic rings. The quantitative estimate of drug-likeness (QED) is 0.655. The number of rotatable bonds is 0. The molecule has 0 bridgehead atoms. The number of hydrogen-bond acceptors (Lipinski definition) is 1. The molecular formula is C3H10Cl2N3Pt-2. The van der Waals surface area contributed by atoms with E-state index in [-0.39, 0.29) is 24.7 Å². The summed E-state index contributed by atoms with van der Waals surface area (Å²) in [6.07, 6.45) is 0.625. The molecule has 0 unspecified atom stereocenters. The van der Waals surface area contributed by atoms with Crippen molar-refractivity contribution < 1.29 is 18.8 Å². The second kappa shape index (κ2) is 71.3. The first-order valence-corrected chi connectivity index (χ1v) is 4.22. The molecule has 4 N–H and O–H groups in total. The zero-order valence-corrected chi connectivity index (χ0v) is 8.76. The summed E-state index contributed by atoms with van der Waals surface area (Å²) in [4.78, 5) is 0. The van der Waals surface area contributed by atoms with Gasteiger partial charge in [0, 0.05) is 6.42 Å². The molecule has 0 atom stereocenters. The van der Waals surface area contributed by atoms with Crippen LogP contribution in [0.3, 0.4) is 0 Å². The zero-order chi connectivity index (χ0) is 5.41. The Bertz CT molecular complexity index is 46.8. The summed E-state index contributed by atoms with van der Waals surface area (Å²) in [5.41, 5.74) is 0. The van der Waals surface area contributed by atoms with Crippen molar-refractivity contribution in [2.24, 2.45) is 0 Å². The van der Waals surface area contributed by atoms with E-state index in [2.05, 4.69) is 9.42 Å². The third-order valence-electron chi connectivity index (χ3n) is 0.158. The van der Waals surface area contributed by atoms with Gasteiger partial charge in [0.2, 0.25) is 0 Å². The van der Waals surface area contributed by atoms with Crippen molar-refractivity contribution >= 4 is 21.8 Å². The Morgan fingerprint density at radius 1 is 1.44 bits per heavy atom. The van der Waals surface area contributed by atoms with Crippen LogP contribution in [0.5, 0.6) is 0 Å². The van der Waals surface area contributed by atoms with Gasteiger partial charge >= 0.3 is 28.2 Å². The summed E-state index contributed by atoms with van der Waals surface area (Å²) in [7, 11) is 4.61. The molecule has 0 heterocycles. The normalized spacial score (nSPS) is 3.00. The van der Waals surface area contributed by atoms with Crippen LogP contribution in [0.1, 0.15) is 13.3 Å². The first-order valence-electron chi connectivity index (χ1n) is 1.40. The van der Waals surface area contributed by atoms with Gasteiger partial charge in [-0.2, -0.15) is 5.26 Å². The van der Waals surface area contributed by atoms with Gasteiger partial charge in [0.1, 0.15) is 0 Å². The van der Waals surface area contributed by atoms with Gasteiger partial charge in [0.15, 0.2) is 0 Å². The van der Waals surface area contributed by atoms with Crippen LogP contribution in [0.15, 0.2) is 0 Å². The fourth-order valence-corrected chi connectivity index (χ4v) is 0. The predicted molar refractivity (Wildman–Crippen MR) is 39.6 cm³/mol. The molecule has 0 saturated heterocycles. The molecule has 0 aliphatic carbocycles. The average molecular weight is 354 g/mol. The van der Waals surface area contributed by atoms with Gasteiger partial charge < -0.3 is 12.3 Å². The summed E-state index contributed by atoms with van der Waals surface area (Å²) in [5, 5.41) is 7.62. The topological polar surface area (TPSA) is 90.8 Å². The second-order valence-electron chi connectivity index (χ2n) is 0.512. The number of nitrogens with two attached hydrogens (primary N) is 2. The summed E-state index contributed by atoms with van der Waals surface area (Å²) >= 11 is 1.61. The monoisotopic (exact) mass is 353 g/mol. The molecule has 0 aliphatic rings. The minimum absolute atomic E-state index is 0. The van der Waals surface area contributed by atoms with E-state index in [0.717, 1.165) is 0 Å². The molecule has 0 amide bonds. The second-order valence-corrected chi connectivity index (χ2v) is 0.512. The number of nitriles is 1. The molecule has 6 heteroatoms. The van der Waals surface area contributed by atoms with Gasteiger partial charge in [-0.1, -0.05) is 6.92 Å². The van der Waals surface area contributed by atoms with Crippen LogP contribution in [0.4, 0.5) is 0 Å². The average Bonchev–Trinajstić information content (AvgIpc) is 1.72. The Morgan fingerprint density at radius 3 is 1.56 bits per heavy atom. The molecule has 0 aromatic heterocycles. The van der Waals surface area contributed by atoms with Crippen molar-refractivity contribution in [3.05, 3.63) is 12.3 Å². The van der Waals surface area contributed by atoms with Gasteiger partial charge in [0.05, 0.1) is 6.07 Å². The summed E-state index contributed by atoms with van der Waals surface area (Å²) < 4.78 is 0. The van der Waals surface area contributed by atoms with Crippen molar-refractivity contribution in [3.63, 3.8) is 0 Å². The van der Waals surface area contributed by atoms with Crippen LogP contribution in [0.25, 0.3) is 12.3 Å². The summed E-state index contributed by atoms with van der Waals surface area (Å²) in [5.74, 6) is 0. The third-order valence-corrected chi connectivity index (χ3v) is 0.158. The van der Waals surface area contributed by atoms with Crippen LogP contribution in [-0.4, -0.2) is 0 Å². The predicted octanol–water partition coefficient (Wildman–Crippen LogP) is 3.46. The fourth-order valence-electron chi connectivity index (χ4n) is 0. The molecule has 9 heavy (non-hydrogen) atoms. The molecule has 0 aromatic carbocycles. The Hall–Kier alpha value is 0.678. The van der Waals surface area contributed by atoms with Gasteiger partial charge in [0.25, 0.3) is 0 Å². The molecule has 0 spiro atoms. The molecule has 0 aliphatic heterocycles. The third kappa shape index (κ3) is 137. The van der Waals surface area contributed by atoms with Gasteiger partial charge in [-0.15, -0.1) is 12.4 Å². The van der Waals surface area contributed by atoms with E-state index in [1.807, 2.05) is 13.0 Å². The first-order chi connectivity index (χ1) is 2.91. The van der Waals surface area contributed by atoms with E-state index in [9.17, 15) is 0 Å². The van der Waals surface area contributed by atoms with Gasteiger partial charge in [-0.05, 0) is 0 Å². The van der Waals surface area contributed by atoms with Crippen LogP contribution in [-0.2, 0) is 18.8 Å². The van der Waals surface area contributed by atoms with Crippen LogP contribution in [0.2, 0.25) is 0 Å². The van der Waals surface area contributed by atoms with Crippen LogP contribution >= 0.6 is 21.8 Å². The van der Waals surface area contributed by atoms with Crippen LogP contribution < -0.4 is 0 Å². The Balaban J connectivity index is -0.00000000990. The Morgan fingerprint density at radius 2 is 1.56 bits per heavy atom. The molecular weight excluding hydrogens is 344 g/mol. The van der Waals surface area contributed by atoms with Gasteiger partial charge in [-0.25, -0.2) is 0 Å². The largest absolute Gasteiger partial charge is 0.693 e. The molecule has 63 valence electrons. The van der Waals surface area contributed by atoms with E-state index >= 15 is 0 Å². The van der Waals surface area contributed by atoms with E-state index in [1.165, 1.54) is 0 Å². The molecule has 0 radical (unpaired) electrons. The van der Waals surface area contributed by atoms with E-state index in [1.54, 1.807) is 18.8 Å². The Kier molecular flexibility index (Phi) is 264. The van der Waals surface area contributed by atoms with E-state index in [4.69, 9.17) is 5.26 Å². The first kappa shape index (κ1) is 33.3. The SMILES string of the molecule is CCC#N.Cl.[Cl][Pt].[NH2-].[NH2-]. The molecule has 0 fully saturated rings. The van der Waals surface area contributed by atoms with Crippen molar-refractivity contribution in [2.45, 2.75) is 13.3 Å². The maximum absolute atomic E-state index is 7.62. The standard InChI is InChI=1S/C3H5N.2ClH.2H2N.Pt/c1-2-3-4;;;;;/h2H2,1H3;2*1H;2*1H2;/q;;;2*-1;+1/p-1. The minimum atomic E-state index is 0. The Labute approximate surface area is 77.5 Å². The molecule has 3 nitrogen and oxygen atoms in total. The smallest absolute Gasteiger partial charge is 0.693 e. The number of halogens is 2.